The summed E-state index contributed by atoms with van der Waals surface area (Å²) >= 11 is 0. The first kappa shape index (κ1) is 15.1. The SMILES string of the molecule is Cc1cccc(CC(O)C2CCOC3(CCCCC3)C2)c1. The third-order valence-corrected chi connectivity index (χ3v) is 5.37. The zero-order chi connectivity index (χ0) is 14.7. The van der Waals surface area contributed by atoms with Gasteiger partial charge in [0.05, 0.1) is 11.7 Å². The van der Waals surface area contributed by atoms with Crippen LogP contribution in [0.25, 0.3) is 0 Å². The Labute approximate surface area is 128 Å². The Bertz CT molecular complexity index is 457. The molecule has 2 fully saturated rings. The summed E-state index contributed by atoms with van der Waals surface area (Å²) in [6.45, 7) is 2.94. The van der Waals surface area contributed by atoms with E-state index in [-0.39, 0.29) is 11.7 Å². The van der Waals surface area contributed by atoms with Crippen LogP contribution in [0.2, 0.25) is 0 Å². The van der Waals surface area contributed by atoms with Crippen molar-refractivity contribution in [3.05, 3.63) is 35.4 Å². The molecule has 116 valence electrons. The monoisotopic (exact) mass is 288 g/mol. The normalized spacial score (nSPS) is 26.7. The molecule has 1 spiro atoms. The fourth-order valence-corrected chi connectivity index (χ4v) is 4.19. The Morgan fingerprint density at radius 3 is 2.86 bits per heavy atom. The van der Waals surface area contributed by atoms with E-state index in [1.165, 1.54) is 43.2 Å². The molecule has 1 N–H and O–H groups in total. The Balaban J connectivity index is 1.62. The number of benzene rings is 1. The minimum absolute atomic E-state index is 0.0920. The third-order valence-electron chi connectivity index (χ3n) is 5.37. The molecule has 0 radical (unpaired) electrons. The molecular formula is C19H28O2. The van der Waals surface area contributed by atoms with Crippen LogP contribution in [0.3, 0.4) is 0 Å². The van der Waals surface area contributed by atoms with Gasteiger partial charge >= 0.3 is 0 Å². The number of hydrogen-bond acceptors (Lipinski definition) is 2. The summed E-state index contributed by atoms with van der Waals surface area (Å²) in [7, 11) is 0. The van der Waals surface area contributed by atoms with Crippen molar-refractivity contribution in [2.45, 2.75) is 70.0 Å². The molecule has 2 heteroatoms. The molecule has 2 aliphatic rings. The van der Waals surface area contributed by atoms with Crippen molar-refractivity contribution < 1.29 is 9.84 Å². The van der Waals surface area contributed by atoms with Gasteiger partial charge in [0.2, 0.25) is 0 Å². The van der Waals surface area contributed by atoms with Gasteiger partial charge in [-0.2, -0.15) is 0 Å². The predicted octanol–water partition coefficient (Wildman–Crippen LogP) is 4.03. The summed E-state index contributed by atoms with van der Waals surface area (Å²) < 4.78 is 6.15. The van der Waals surface area contributed by atoms with E-state index in [0.717, 1.165) is 25.9 Å². The maximum Gasteiger partial charge on any atom is 0.0686 e. The van der Waals surface area contributed by atoms with E-state index in [2.05, 4.69) is 31.2 Å². The first-order valence-electron chi connectivity index (χ1n) is 8.54. The van der Waals surface area contributed by atoms with Crippen LogP contribution in [0.15, 0.2) is 24.3 Å². The van der Waals surface area contributed by atoms with Gasteiger partial charge in [-0.1, -0.05) is 49.1 Å². The average Bonchev–Trinajstić information content (AvgIpc) is 2.48. The molecule has 1 aromatic carbocycles. The summed E-state index contributed by atoms with van der Waals surface area (Å²) in [5, 5.41) is 10.7. The van der Waals surface area contributed by atoms with E-state index in [4.69, 9.17) is 4.74 Å². The quantitative estimate of drug-likeness (QED) is 0.910. The number of rotatable bonds is 3. The summed E-state index contributed by atoms with van der Waals surface area (Å²) in [5.41, 5.74) is 2.62. The maximum absolute atomic E-state index is 10.7. The fourth-order valence-electron chi connectivity index (χ4n) is 4.19. The van der Waals surface area contributed by atoms with Gasteiger partial charge in [0, 0.05) is 6.61 Å². The molecule has 1 heterocycles. The van der Waals surface area contributed by atoms with Crippen molar-refractivity contribution in [1.29, 1.82) is 0 Å². The lowest BCUT2D eigenvalue weighted by atomic mass is 9.74. The van der Waals surface area contributed by atoms with E-state index in [0.29, 0.717) is 5.92 Å². The van der Waals surface area contributed by atoms with Crippen LogP contribution in [0.5, 0.6) is 0 Å². The van der Waals surface area contributed by atoms with Gasteiger partial charge in [0.25, 0.3) is 0 Å². The number of aliphatic hydroxyl groups is 1. The van der Waals surface area contributed by atoms with Crippen molar-refractivity contribution >= 4 is 0 Å². The van der Waals surface area contributed by atoms with E-state index in [1.807, 2.05) is 0 Å². The highest BCUT2D eigenvalue weighted by molar-refractivity contribution is 5.22. The standard InChI is InChI=1S/C19H28O2/c1-15-6-5-7-16(12-15)13-18(20)17-8-11-21-19(14-17)9-3-2-4-10-19/h5-7,12,17-18,20H,2-4,8-11,13-14H2,1H3. The van der Waals surface area contributed by atoms with Crippen molar-refractivity contribution in [3.8, 4) is 0 Å². The molecule has 0 bridgehead atoms. The van der Waals surface area contributed by atoms with E-state index < -0.39 is 0 Å². The fraction of sp³-hybridized carbons (Fsp3) is 0.684. The van der Waals surface area contributed by atoms with Crippen LogP contribution >= 0.6 is 0 Å². The van der Waals surface area contributed by atoms with Crippen molar-refractivity contribution in [3.63, 3.8) is 0 Å². The molecule has 21 heavy (non-hydrogen) atoms. The number of hydrogen-bond donors (Lipinski definition) is 1. The van der Waals surface area contributed by atoms with Gasteiger partial charge in [0.1, 0.15) is 0 Å². The van der Waals surface area contributed by atoms with Crippen molar-refractivity contribution in [2.24, 2.45) is 5.92 Å². The molecule has 2 atom stereocenters. The zero-order valence-corrected chi connectivity index (χ0v) is 13.2. The van der Waals surface area contributed by atoms with E-state index >= 15 is 0 Å². The molecule has 1 aliphatic heterocycles. The van der Waals surface area contributed by atoms with Crippen LogP contribution < -0.4 is 0 Å². The number of aliphatic hydroxyl groups excluding tert-OH is 1. The Morgan fingerprint density at radius 1 is 1.29 bits per heavy atom. The Morgan fingerprint density at radius 2 is 2.10 bits per heavy atom. The minimum Gasteiger partial charge on any atom is -0.392 e. The highest BCUT2D eigenvalue weighted by Crippen LogP contribution is 2.41. The molecule has 0 aromatic heterocycles. The first-order valence-corrected chi connectivity index (χ1v) is 8.54. The summed E-state index contributed by atoms with van der Waals surface area (Å²) in [6, 6.07) is 8.52. The zero-order valence-electron chi connectivity index (χ0n) is 13.2. The third kappa shape index (κ3) is 3.67. The van der Waals surface area contributed by atoms with Gasteiger partial charge in [-0.15, -0.1) is 0 Å². The molecule has 3 rings (SSSR count). The predicted molar refractivity (Wildman–Crippen MR) is 85.4 cm³/mol. The summed E-state index contributed by atoms with van der Waals surface area (Å²) in [4.78, 5) is 0. The highest BCUT2D eigenvalue weighted by atomic mass is 16.5. The van der Waals surface area contributed by atoms with Gasteiger partial charge < -0.3 is 9.84 Å². The second kappa shape index (κ2) is 6.50. The van der Waals surface area contributed by atoms with Gasteiger partial charge in [-0.25, -0.2) is 0 Å². The molecular weight excluding hydrogens is 260 g/mol. The number of ether oxygens (including phenoxy) is 1. The lowest BCUT2D eigenvalue weighted by Crippen LogP contribution is -2.44. The van der Waals surface area contributed by atoms with E-state index in [9.17, 15) is 5.11 Å². The highest BCUT2D eigenvalue weighted by Gasteiger charge is 2.40. The first-order chi connectivity index (χ1) is 10.2. The second-order valence-corrected chi connectivity index (χ2v) is 7.11. The average molecular weight is 288 g/mol. The van der Waals surface area contributed by atoms with Crippen molar-refractivity contribution in [1.82, 2.24) is 0 Å². The minimum atomic E-state index is -0.227. The Hall–Kier alpha value is -0.860. The largest absolute Gasteiger partial charge is 0.392 e. The van der Waals surface area contributed by atoms with E-state index in [1.54, 1.807) is 0 Å². The van der Waals surface area contributed by atoms with Crippen LogP contribution in [0.4, 0.5) is 0 Å². The topological polar surface area (TPSA) is 29.5 Å². The molecule has 2 unspecified atom stereocenters. The van der Waals surface area contributed by atoms with Gasteiger partial charge in [-0.3, -0.25) is 0 Å². The molecule has 1 aliphatic carbocycles. The van der Waals surface area contributed by atoms with Crippen LogP contribution in [0.1, 0.15) is 56.1 Å². The van der Waals surface area contributed by atoms with Crippen molar-refractivity contribution in [2.75, 3.05) is 6.61 Å². The van der Waals surface area contributed by atoms with Crippen LogP contribution in [0, 0.1) is 12.8 Å². The smallest absolute Gasteiger partial charge is 0.0686 e. The van der Waals surface area contributed by atoms with Crippen LogP contribution in [-0.4, -0.2) is 23.4 Å². The van der Waals surface area contributed by atoms with Crippen LogP contribution in [-0.2, 0) is 11.2 Å². The summed E-state index contributed by atoms with van der Waals surface area (Å²) in [6.07, 6.45) is 8.94. The second-order valence-electron chi connectivity index (χ2n) is 7.11. The number of aryl methyl sites for hydroxylation is 1. The lowest BCUT2D eigenvalue weighted by molar-refractivity contribution is -0.133. The molecule has 0 amide bonds. The summed E-state index contributed by atoms with van der Waals surface area (Å²) in [5.74, 6) is 0.400. The molecule has 1 saturated carbocycles. The lowest BCUT2D eigenvalue weighted by Gasteiger charge is -2.44. The van der Waals surface area contributed by atoms with Gasteiger partial charge in [-0.05, 0) is 50.5 Å². The Kier molecular flexibility index (Phi) is 4.66. The van der Waals surface area contributed by atoms with Gasteiger partial charge in [0.15, 0.2) is 0 Å². The molecule has 1 saturated heterocycles. The molecule has 2 nitrogen and oxygen atoms in total. The molecule has 1 aromatic rings. The maximum atomic E-state index is 10.7.